The van der Waals surface area contributed by atoms with E-state index in [-0.39, 0.29) is 5.69 Å². The molecule has 0 radical (unpaired) electrons. The average molecular weight is 438 g/mol. The van der Waals surface area contributed by atoms with Crippen LogP contribution in [-0.4, -0.2) is 15.5 Å². The lowest BCUT2D eigenvalue weighted by Crippen LogP contribution is -2.28. The number of fused-ring (bicyclic) bond motifs is 3. The summed E-state index contributed by atoms with van der Waals surface area (Å²) in [4.78, 5) is 29.3. The first-order valence-corrected chi connectivity index (χ1v) is 9.47. The van der Waals surface area contributed by atoms with Gasteiger partial charge in [-0.3, -0.25) is 14.2 Å². The van der Waals surface area contributed by atoms with Crippen LogP contribution < -0.4 is 10.9 Å². The molecule has 148 valence electrons. The molecule has 0 aliphatic rings. The quantitative estimate of drug-likeness (QED) is 0.494. The number of carbonyl (C=O) groups excluding carboxylic acids is 1. The molecule has 0 aliphatic heterocycles. The van der Waals surface area contributed by atoms with E-state index in [1.807, 2.05) is 0 Å². The monoisotopic (exact) mass is 437 g/mol. The number of nitrogens with zero attached hydrogens (tertiary/aromatic N) is 2. The molecule has 4 aromatic rings. The van der Waals surface area contributed by atoms with Crippen molar-refractivity contribution in [2.45, 2.75) is 12.7 Å². The lowest BCUT2D eigenvalue weighted by atomic mass is 10.1. The molecule has 0 unspecified atom stereocenters. The molecule has 29 heavy (non-hydrogen) atoms. The molecular formula is C19H11ClF3N3O2S. The Hall–Kier alpha value is -2.91. The van der Waals surface area contributed by atoms with E-state index in [0.717, 1.165) is 21.4 Å². The molecule has 0 fully saturated rings. The van der Waals surface area contributed by atoms with Gasteiger partial charge in [0.05, 0.1) is 28.1 Å². The van der Waals surface area contributed by atoms with E-state index in [9.17, 15) is 22.8 Å². The first-order chi connectivity index (χ1) is 13.8. The lowest BCUT2D eigenvalue weighted by molar-refractivity contribution is -0.137. The van der Waals surface area contributed by atoms with Gasteiger partial charge in [0.2, 0.25) is 5.91 Å². The van der Waals surface area contributed by atoms with Crippen LogP contribution in [0.25, 0.3) is 20.3 Å². The van der Waals surface area contributed by atoms with Crippen molar-refractivity contribution in [3.63, 3.8) is 0 Å². The number of halogens is 4. The van der Waals surface area contributed by atoms with Crippen molar-refractivity contribution in [1.82, 2.24) is 9.55 Å². The van der Waals surface area contributed by atoms with E-state index < -0.39 is 29.8 Å². The number of hydrogen-bond donors (Lipinski definition) is 1. The maximum atomic E-state index is 13.1. The number of amides is 1. The number of aromatic nitrogens is 2. The standard InChI is InChI=1S/C19H11ClF3N3O2S/c20-11-5-3-7-13-15(11)16-17(29-13)18(28)26(9-24-16)8-14(27)25-12-6-2-1-4-10(12)19(21,22)23/h1-7,9H,8H2,(H,25,27). The van der Waals surface area contributed by atoms with E-state index in [0.29, 0.717) is 20.6 Å². The molecule has 10 heteroatoms. The van der Waals surface area contributed by atoms with E-state index in [1.54, 1.807) is 18.2 Å². The molecule has 0 aliphatic carbocycles. The molecule has 2 aromatic carbocycles. The summed E-state index contributed by atoms with van der Waals surface area (Å²) >= 11 is 7.39. The Bertz CT molecular complexity index is 1310. The van der Waals surface area contributed by atoms with Crippen molar-refractivity contribution in [3.05, 3.63) is 69.7 Å². The van der Waals surface area contributed by atoms with Crippen LogP contribution in [0.4, 0.5) is 18.9 Å². The van der Waals surface area contributed by atoms with Crippen molar-refractivity contribution >= 4 is 54.8 Å². The molecule has 0 atom stereocenters. The van der Waals surface area contributed by atoms with Gasteiger partial charge in [0.15, 0.2) is 0 Å². The molecule has 0 saturated heterocycles. The molecule has 0 spiro atoms. The first-order valence-electron chi connectivity index (χ1n) is 8.28. The Morgan fingerprint density at radius 2 is 1.93 bits per heavy atom. The minimum atomic E-state index is -4.61. The van der Waals surface area contributed by atoms with Gasteiger partial charge in [0.25, 0.3) is 5.56 Å². The highest BCUT2D eigenvalue weighted by atomic mass is 35.5. The summed E-state index contributed by atoms with van der Waals surface area (Å²) in [6.07, 6.45) is -3.42. The minimum Gasteiger partial charge on any atom is -0.324 e. The summed E-state index contributed by atoms with van der Waals surface area (Å²) in [5.41, 5.74) is -1.37. The lowest BCUT2D eigenvalue weighted by Gasteiger charge is -2.13. The number of carbonyl (C=O) groups is 1. The van der Waals surface area contributed by atoms with Crippen molar-refractivity contribution in [3.8, 4) is 0 Å². The highest BCUT2D eigenvalue weighted by molar-refractivity contribution is 7.25. The Morgan fingerprint density at radius 3 is 2.69 bits per heavy atom. The van der Waals surface area contributed by atoms with Crippen LogP contribution in [0, 0.1) is 0 Å². The number of para-hydroxylation sites is 1. The molecule has 0 bridgehead atoms. The molecule has 1 amide bonds. The zero-order valence-electron chi connectivity index (χ0n) is 14.5. The fourth-order valence-electron chi connectivity index (χ4n) is 2.97. The van der Waals surface area contributed by atoms with Gasteiger partial charge in [-0.25, -0.2) is 4.98 Å². The molecular weight excluding hydrogens is 427 g/mol. The number of alkyl halides is 3. The van der Waals surface area contributed by atoms with Crippen LogP contribution in [0.1, 0.15) is 5.56 Å². The van der Waals surface area contributed by atoms with Gasteiger partial charge in [0.1, 0.15) is 11.2 Å². The molecule has 4 rings (SSSR count). The molecule has 0 saturated carbocycles. The molecule has 1 N–H and O–H groups in total. The highest BCUT2D eigenvalue weighted by Crippen LogP contribution is 2.35. The first kappa shape index (κ1) is 19.4. The van der Waals surface area contributed by atoms with Crippen molar-refractivity contribution < 1.29 is 18.0 Å². The zero-order valence-corrected chi connectivity index (χ0v) is 16.0. The van der Waals surface area contributed by atoms with E-state index >= 15 is 0 Å². The topological polar surface area (TPSA) is 64.0 Å². The highest BCUT2D eigenvalue weighted by Gasteiger charge is 2.33. The number of rotatable bonds is 3. The van der Waals surface area contributed by atoms with Crippen LogP contribution >= 0.6 is 22.9 Å². The summed E-state index contributed by atoms with van der Waals surface area (Å²) in [7, 11) is 0. The van der Waals surface area contributed by atoms with Crippen molar-refractivity contribution in [2.24, 2.45) is 0 Å². The smallest absolute Gasteiger partial charge is 0.324 e. The van der Waals surface area contributed by atoms with Crippen LogP contribution in [0.2, 0.25) is 5.02 Å². The number of benzene rings is 2. The average Bonchev–Trinajstić information content (AvgIpc) is 3.04. The number of anilines is 1. The number of thiophene rings is 1. The number of hydrogen-bond acceptors (Lipinski definition) is 4. The normalized spacial score (nSPS) is 11.9. The summed E-state index contributed by atoms with van der Waals surface area (Å²) in [5, 5.41) is 3.33. The zero-order chi connectivity index (χ0) is 20.8. The van der Waals surface area contributed by atoms with Gasteiger partial charge >= 0.3 is 6.18 Å². The van der Waals surface area contributed by atoms with Gasteiger partial charge in [-0.2, -0.15) is 13.2 Å². The number of nitrogens with one attached hydrogen (secondary N) is 1. The fraction of sp³-hybridized carbons (Fsp3) is 0.105. The minimum absolute atomic E-state index is 0.319. The van der Waals surface area contributed by atoms with Gasteiger partial charge in [-0.05, 0) is 24.3 Å². The van der Waals surface area contributed by atoms with Gasteiger partial charge in [0, 0.05) is 10.1 Å². The molecule has 2 heterocycles. The van der Waals surface area contributed by atoms with Gasteiger partial charge in [-0.15, -0.1) is 11.3 Å². The predicted octanol–water partition coefficient (Wildman–Crippen LogP) is 4.92. The maximum Gasteiger partial charge on any atom is 0.418 e. The second-order valence-corrected chi connectivity index (χ2v) is 7.62. The Balaban J connectivity index is 1.66. The van der Waals surface area contributed by atoms with Crippen LogP contribution in [0.3, 0.4) is 0 Å². The third-order valence-corrected chi connectivity index (χ3v) is 5.69. The second-order valence-electron chi connectivity index (χ2n) is 6.16. The Morgan fingerprint density at radius 1 is 1.17 bits per heavy atom. The van der Waals surface area contributed by atoms with Gasteiger partial charge in [-0.1, -0.05) is 29.8 Å². The van der Waals surface area contributed by atoms with Crippen molar-refractivity contribution in [2.75, 3.05) is 5.32 Å². The van der Waals surface area contributed by atoms with Crippen LogP contribution in [0.15, 0.2) is 53.6 Å². The molecule has 5 nitrogen and oxygen atoms in total. The fourth-order valence-corrected chi connectivity index (χ4v) is 4.42. The summed E-state index contributed by atoms with van der Waals surface area (Å²) in [5.74, 6) is -0.774. The largest absolute Gasteiger partial charge is 0.418 e. The Kier molecular flexibility index (Phi) is 4.79. The van der Waals surface area contributed by atoms with Crippen LogP contribution in [0.5, 0.6) is 0 Å². The van der Waals surface area contributed by atoms with E-state index in [2.05, 4.69) is 10.3 Å². The Labute approximate surface area is 170 Å². The summed E-state index contributed by atoms with van der Waals surface area (Å²) in [6, 6.07) is 9.88. The summed E-state index contributed by atoms with van der Waals surface area (Å²) in [6.45, 7) is -0.476. The van der Waals surface area contributed by atoms with E-state index in [1.165, 1.54) is 29.8 Å². The maximum absolute atomic E-state index is 13.1. The van der Waals surface area contributed by atoms with Crippen LogP contribution in [-0.2, 0) is 17.5 Å². The molecule has 2 aromatic heterocycles. The predicted molar refractivity (Wildman–Crippen MR) is 106 cm³/mol. The summed E-state index contributed by atoms with van der Waals surface area (Å²) < 4.78 is 41.4. The second kappa shape index (κ2) is 7.16. The SMILES string of the molecule is O=C(Cn1cnc2c(sc3cccc(Cl)c32)c1=O)Nc1ccccc1C(F)(F)F. The van der Waals surface area contributed by atoms with Crippen molar-refractivity contribution in [1.29, 1.82) is 0 Å². The van der Waals surface area contributed by atoms with E-state index in [4.69, 9.17) is 11.6 Å². The third kappa shape index (κ3) is 3.58. The third-order valence-electron chi connectivity index (χ3n) is 4.24. The van der Waals surface area contributed by atoms with Gasteiger partial charge < -0.3 is 5.32 Å².